The summed E-state index contributed by atoms with van der Waals surface area (Å²) in [5, 5.41) is 2.69. The molecule has 180 valence electrons. The normalized spacial score (nSPS) is 14.9. The van der Waals surface area contributed by atoms with Gasteiger partial charge in [-0.3, -0.25) is 4.57 Å². The Hall–Kier alpha value is -0.700. The maximum atomic E-state index is 11.8. The highest BCUT2D eigenvalue weighted by Crippen LogP contribution is 2.38. The van der Waals surface area contributed by atoms with E-state index in [0.717, 1.165) is 12.8 Å². The molecular formula is C20H43N2O7P. The molecule has 0 aliphatic heterocycles. The van der Waals surface area contributed by atoms with E-state index in [0.29, 0.717) is 17.6 Å². The second-order valence-electron chi connectivity index (χ2n) is 8.45. The van der Waals surface area contributed by atoms with Crippen molar-refractivity contribution < 1.29 is 37.3 Å². The van der Waals surface area contributed by atoms with Crippen LogP contribution in [0.5, 0.6) is 0 Å². The molecule has 9 nitrogen and oxygen atoms in total. The van der Waals surface area contributed by atoms with E-state index < -0.39 is 20.0 Å². The molecular weight excluding hydrogens is 411 g/mol. The average molecular weight is 455 g/mol. The number of nitrogens with one attached hydrogen (secondary N) is 1. The van der Waals surface area contributed by atoms with Gasteiger partial charge in [-0.25, -0.2) is 4.79 Å². The Balaban J connectivity index is 3.84. The lowest BCUT2D eigenvalue weighted by Gasteiger charge is -2.28. The standard InChI is InChI=1S/C20H43N2O7P/c1-6-7-8-9-10-11-12-13-14-21-20(23)27-17-19(26-5)18-29-30(24,25)28-16-15-22(2,3)4/h19H,6-18H2,1-5H3,(H-,21,23,24,25). The lowest BCUT2D eigenvalue weighted by atomic mass is 10.1. The quantitative estimate of drug-likeness (QED) is 0.182. The Morgan fingerprint density at radius 1 is 1.00 bits per heavy atom. The summed E-state index contributed by atoms with van der Waals surface area (Å²) in [6, 6.07) is 0. The molecule has 0 saturated carbocycles. The van der Waals surface area contributed by atoms with Crippen LogP contribution in [0.2, 0.25) is 0 Å². The second kappa shape index (κ2) is 16.9. The Bertz CT molecular complexity index is 486. The van der Waals surface area contributed by atoms with Crippen LogP contribution in [-0.2, 0) is 23.1 Å². The Labute approximate surface area is 182 Å². The first-order valence-electron chi connectivity index (χ1n) is 10.9. The van der Waals surface area contributed by atoms with Crippen LogP contribution >= 0.6 is 7.82 Å². The number of phosphoric ester groups is 1. The summed E-state index contributed by atoms with van der Waals surface area (Å²) in [4.78, 5) is 23.5. The third kappa shape index (κ3) is 19.3. The monoisotopic (exact) mass is 454 g/mol. The summed E-state index contributed by atoms with van der Waals surface area (Å²) in [7, 11) is 2.75. The molecule has 30 heavy (non-hydrogen) atoms. The van der Waals surface area contributed by atoms with Crippen molar-refractivity contribution in [1.82, 2.24) is 5.32 Å². The van der Waals surface area contributed by atoms with Crippen LogP contribution in [0, 0.1) is 0 Å². The predicted molar refractivity (Wildman–Crippen MR) is 115 cm³/mol. The fraction of sp³-hybridized carbons (Fsp3) is 0.950. The number of unbranched alkanes of at least 4 members (excludes halogenated alkanes) is 7. The van der Waals surface area contributed by atoms with Crippen molar-refractivity contribution in [3.8, 4) is 0 Å². The van der Waals surface area contributed by atoms with Gasteiger partial charge in [-0.2, -0.15) is 0 Å². The summed E-state index contributed by atoms with van der Waals surface area (Å²) < 4.78 is 32.2. The molecule has 1 amide bonds. The van der Waals surface area contributed by atoms with Gasteiger partial charge in [0.05, 0.1) is 27.7 Å². The number of carbonyl (C=O) groups excluding carboxylic acids is 1. The van der Waals surface area contributed by atoms with E-state index in [1.165, 1.54) is 45.6 Å². The average Bonchev–Trinajstić information content (AvgIpc) is 2.65. The molecule has 0 rings (SSSR count). The number of amides is 1. The van der Waals surface area contributed by atoms with Crippen LogP contribution in [0.15, 0.2) is 0 Å². The van der Waals surface area contributed by atoms with E-state index in [1.54, 1.807) is 0 Å². The summed E-state index contributed by atoms with van der Waals surface area (Å²) in [5.41, 5.74) is 0. The van der Waals surface area contributed by atoms with Crippen molar-refractivity contribution in [2.75, 3.05) is 61.2 Å². The minimum Gasteiger partial charge on any atom is -0.756 e. The predicted octanol–water partition coefficient (Wildman–Crippen LogP) is 3.08. The number of alkyl carbamates (subject to hydrolysis) is 1. The Morgan fingerprint density at radius 2 is 1.60 bits per heavy atom. The first kappa shape index (κ1) is 29.3. The highest BCUT2D eigenvalue weighted by Gasteiger charge is 2.18. The summed E-state index contributed by atoms with van der Waals surface area (Å²) in [5.74, 6) is 0. The van der Waals surface area contributed by atoms with Gasteiger partial charge in [0.2, 0.25) is 0 Å². The number of rotatable bonds is 19. The summed E-state index contributed by atoms with van der Waals surface area (Å²) >= 11 is 0. The molecule has 2 atom stereocenters. The van der Waals surface area contributed by atoms with E-state index >= 15 is 0 Å². The SMILES string of the molecule is CCCCCCCCCCNC(=O)OCC(COP(=O)([O-])OCC[N+](C)(C)C)OC. The molecule has 0 aromatic heterocycles. The van der Waals surface area contributed by atoms with Gasteiger partial charge in [-0.05, 0) is 6.42 Å². The highest BCUT2D eigenvalue weighted by molar-refractivity contribution is 7.45. The van der Waals surface area contributed by atoms with Crippen molar-refractivity contribution in [3.05, 3.63) is 0 Å². The number of hydrogen-bond donors (Lipinski definition) is 1. The molecule has 0 aliphatic rings. The number of nitrogens with zero attached hydrogens (tertiary/aromatic N) is 1. The molecule has 0 aromatic carbocycles. The fourth-order valence-electron chi connectivity index (χ4n) is 2.49. The number of methoxy groups -OCH3 is 1. The van der Waals surface area contributed by atoms with Gasteiger partial charge in [0.15, 0.2) is 0 Å². The van der Waals surface area contributed by atoms with Crippen LogP contribution in [0.4, 0.5) is 4.79 Å². The lowest BCUT2D eigenvalue weighted by molar-refractivity contribution is -0.870. The molecule has 0 fully saturated rings. The Kier molecular flexibility index (Phi) is 16.5. The lowest BCUT2D eigenvalue weighted by Crippen LogP contribution is -2.37. The molecule has 2 unspecified atom stereocenters. The van der Waals surface area contributed by atoms with Crippen molar-refractivity contribution in [2.24, 2.45) is 0 Å². The number of likely N-dealkylation sites (N-methyl/N-ethyl adjacent to an activating group) is 1. The van der Waals surface area contributed by atoms with E-state index in [1.807, 2.05) is 21.1 Å². The van der Waals surface area contributed by atoms with Crippen LogP contribution in [0.3, 0.4) is 0 Å². The van der Waals surface area contributed by atoms with Gasteiger partial charge in [-0.1, -0.05) is 51.9 Å². The van der Waals surface area contributed by atoms with Crippen LogP contribution in [0.25, 0.3) is 0 Å². The summed E-state index contributed by atoms with van der Waals surface area (Å²) in [6.45, 7) is 2.91. The van der Waals surface area contributed by atoms with Crippen LogP contribution in [-0.4, -0.2) is 77.8 Å². The fourth-order valence-corrected chi connectivity index (χ4v) is 3.22. The topological polar surface area (TPSA) is 106 Å². The molecule has 0 heterocycles. The van der Waals surface area contributed by atoms with Gasteiger partial charge >= 0.3 is 6.09 Å². The molecule has 0 aromatic rings. The summed E-state index contributed by atoms with van der Waals surface area (Å²) in [6.07, 6.45) is 8.28. The minimum atomic E-state index is -4.43. The largest absolute Gasteiger partial charge is 0.756 e. The minimum absolute atomic E-state index is 0.0274. The maximum Gasteiger partial charge on any atom is 0.407 e. The molecule has 1 N–H and O–H groups in total. The molecule has 0 saturated heterocycles. The van der Waals surface area contributed by atoms with Crippen molar-refractivity contribution in [3.63, 3.8) is 0 Å². The first-order valence-corrected chi connectivity index (χ1v) is 12.4. The van der Waals surface area contributed by atoms with Crippen LogP contribution in [0.1, 0.15) is 58.3 Å². The molecule has 0 aliphatic carbocycles. The van der Waals surface area contributed by atoms with Gasteiger partial charge in [0.1, 0.15) is 25.9 Å². The molecule has 0 spiro atoms. The smallest absolute Gasteiger partial charge is 0.407 e. The maximum absolute atomic E-state index is 11.8. The molecule has 0 bridgehead atoms. The van der Waals surface area contributed by atoms with E-state index in [9.17, 15) is 14.3 Å². The van der Waals surface area contributed by atoms with Gasteiger partial charge in [-0.15, -0.1) is 0 Å². The first-order chi connectivity index (χ1) is 14.1. The van der Waals surface area contributed by atoms with E-state index in [4.69, 9.17) is 18.5 Å². The third-order valence-corrected chi connectivity index (χ3v) is 5.43. The second-order valence-corrected chi connectivity index (χ2v) is 9.86. The third-order valence-electron chi connectivity index (χ3n) is 4.46. The highest BCUT2D eigenvalue weighted by atomic mass is 31.2. The number of hydrogen-bond acceptors (Lipinski definition) is 7. The molecule has 0 radical (unpaired) electrons. The van der Waals surface area contributed by atoms with Crippen LogP contribution < -0.4 is 10.2 Å². The Morgan fingerprint density at radius 3 is 2.17 bits per heavy atom. The van der Waals surface area contributed by atoms with Crippen molar-refractivity contribution >= 4 is 13.9 Å². The van der Waals surface area contributed by atoms with Crippen molar-refractivity contribution in [2.45, 2.75) is 64.4 Å². The number of phosphoric acid groups is 1. The zero-order chi connectivity index (χ0) is 22.9. The van der Waals surface area contributed by atoms with Crippen molar-refractivity contribution in [1.29, 1.82) is 0 Å². The van der Waals surface area contributed by atoms with Gasteiger partial charge in [0, 0.05) is 13.7 Å². The van der Waals surface area contributed by atoms with Gasteiger partial charge < -0.3 is 33.2 Å². The zero-order valence-corrected chi connectivity index (χ0v) is 20.4. The number of carbonyl (C=O) groups is 1. The molecule has 10 heteroatoms. The number of quaternary nitrogens is 1. The number of ether oxygens (including phenoxy) is 2. The zero-order valence-electron chi connectivity index (χ0n) is 19.5. The van der Waals surface area contributed by atoms with E-state index in [2.05, 4.69) is 12.2 Å². The van der Waals surface area contributed by atoms with Gasteiger partial charge in [0.25, 0.3) is 7.82 Å². The van der Waals surface area contributed by atoms with E-state index in [-0.39, 0.29) is 19.8 Å².